The number of amides is 1. The number of nitrogens with zero attached hydrogens (tertiary/aromatic N) is 7. The lowest BCUT2D eigenvalue weighted by atomic mass is 9.96. The van der Waals surface area contributed by atoms with E-state index in [1.165, 1.54) is 0 Å². The van der Waals surface area contributed by atoms with E-state index in [1.807, 2.05) is 39.7 Å². The summed E-state index contributed by atoms with van der Waals surface area (Å²) in [6.45, 7) is 4.27. The van der Waals surface area contributed by atoms with Crippen molar-refractivity contribution < 1.29 is 4.79 Å². The second-order valence-electron chi connectivity index (χ2n) is 6.36. The van der Waals surface area contributed by atoms with Gasteiger partial charge in [0.1, 0.15) is 22.9 Å². The van der Waals surface area contributed by atoms with E-state index in [2.05, 4.69) is 20.3 Å². The highest BCUT2D eigenvalue weighted by atomic mass is 32.1. The summed E-state index contributed by atoms with van der Waals surface area (Å²) in [7, 11) is 1.87. The number of carbonyl (C=O) groups excluding carboxylic acids is 1. The molecule has 0 aromatic carbocycles. The van der Waals surface area contributed by atoms with Gasteiger partial charge in [0.25, 0.3) is 5.91 Å². The summed E-state index contributed by atoms with van der Waals surface area (Å²) >= 11 is 1.55. The lowest BCUT2D eigenvalue weighted by Gasteiger charge is -2.39. The van der Waals surface area contributed by atoms with Crippen molar-refractivity contribution in [3.8, 4) is 11.4 Å². The van der Waals surface area contributed by atoms with Gasteiger partial charge < -0.3 is 9.47 Å². The Morgan fingerprint density at radius 1 is 1.32 bits per heavy atom. The Balaban J connectivity index is 1.28. The van der Waals surface area contributed by atoms with Gasteiger partial charge in [-0.3, -0.25) is 9.48 Å². The van der Waals surface area contributed by atoms with Gasteiger partial charge in [-0.1, -0.05) is 5.21 Å². The van der Waals surface area contributed by atoms with Crippen LogP contribution in [-0.4, -0.2) is 53.4 Å². The lowest BCUT2D eigenvalue weighted by Crippen LogP contribution is -2.50. The molecule has 0 atom stereocenters. The van der Waals surface area contributed by atoms with Gasteiger partial charge in [-0.2, -0.15) is 0 Å². The summed E-state index contributed by atoms with van der Waals surface area (Å²) in [6, 6.07) is 0. The van der Waals surface area contributed by atoms with Crippen LogP contribution in [0, 0.1) is 12.8 Å². The Bertz CT molecular complexity index is 876. The number of likely N-dealkylation sites (tertiary alicyclic amines) is 1. The van der Waals surface area contributed by atoms with Gasteiger partial charge in [0.15, 0.2) is 0 Å². The summed E-state index contributed by atoms with van der Waals surface area (Å²) < 4.78 is 3.69. The minimum Gasteiger partial charge on any atom is -0.337 e. The molecule has 9 heteroatoms. The van der Waals surface area contributed by atoms with Crippen molar-refractivity contribution in [2.75, 3.05) is 13.1 Å². The van der Waals surface area contributed by atoms with E-state index in [0.29, 0.717) is 11.6 Å². The highest BCUT2D eigenvalue weighted by molar-refractivity contribution is 7.07. The zero-order valence-electron chi connectivity index (χ0n) is 14.2. The standard InChI is InChI=1S/C16H19N7OS/c1-11-17-5-15(21(11)2)16(24)22-6-12(7-22)3-4-23-8-13(19-20-23)14-9-25-10-18-14/h5,8-10,12H,3-4,6-7H2,1-2H3. The normalized spacial score (nSPS) is 14.7. The molecular weight excluding hydrogens is 338 g/mol. The van der Waals surface area contributed by atoms with E-state index in [1.54, 1.807) is 23.0 Å². The van der Waals surface area contributed by atoms with Gasteiger partial charge >= 0.3 is 0 Å². The number of rotatable bonds is 5. The highest BCUT2D eigenvalue weighted by Crippen LogP contribution is 2.23. The van der Waals surface area contributed by atoms with E-state index in [0.717, 1.165) is 43.3 Å². The zero-order chi connectivity index (χ0) is 17.4. The molecule has 1 amide bonds. The number of imidazole rings is 1. The second kappa shape index (κ2) is 6.40. The van der Waals surface area contributed by atoms with Crippen LogP contribution in [0.4, 0.5) is 0 Å². The van der Waals surface area contributed by atoms with E-state index in [-0.39, 0.29) is 5.91 Å². The molecule has 0 bridgehead atoms. The molecule has 8 nitrogen and oxygen atoms in total. The van der Waals surface area contributed by atoms with Gasteiger partial charge in [-0.05, 0) is 19.3 Å². The fourth-order valence-electron chi connectivity index (χ4n) is 2.96. The zero-order valence-corrected chi connectivity index (χ0v) is 15.0. The highest BCUT2D eigenvalue weighted by Gasteiger charge is 2.32. The number of hydrogen-bond acceptors (Lipinski definition) is 6. The molecule has 4 heterocycles. The molecule has 0 spiro atoms. The van der Waals surface area contributed by atoms with Gasteiger partial charge in [-0.15, -0.1) is 16.4 Å². The number of hydrogen-bond donors (Lipinski definition) is 0. The topological polar surface area (TPSA) is 81.7 Å². The van der Waals surface area contributed by atoms with Crippen LogP contribution in [-0.2, 0) is 13.6 Å². The summed E-state index contributed by atoms with van der Waals surface area (Å²) in [5.74, 6) is 1.42. The molecule has 0 radical (unpaired) electrons. The maximum Gasteiger partial charge on any atom is 0.272 e. The van der Waals surface area contributed by atoms with Crippen LogP contribution in [0.1, 0.15) is 22.7 Å². The second-order valence-corrected chi connectivity index (χ2v) is 7.07. The minimum absolute atomic E-state index is 0.0610. The Hall–Kier alpha value is -2.55. The maximum atomic E-state index is 12.4. The van der Waals surface area contributed by atoms with Crippen LogP contribution >= 0.6 is 11.3 Å². The van der Waals surface area contributed by atoms with Crippen molar-refractivity contribution in [1.29, 1.82) is 0 Å². The average molecular weight is 357 g/mol. The van der Waals surface area contributed by atoms with Gasteiger partial charge in [0.05, 0.1) is 17.9 Å². The molecule has 0 unspecified atom stereocenters. The van der Waals surface area contributed by atoms with Crippen molar-refractivity contribution in [3.05, 3.63) is 34.8 Å². The first-order valence-corrected chi connectivity index (χ1v) is 9.12. The van der Waals surface area contributed by atoms with E-state index in [9.17, 15) is 4.79 Å². The molecule has 0 saturated carbocycles. The van der Waals surface area contributed by atoms with Crippen molar-refractivity contribution >= 4 is 17.2 Å². The monoisotopic (exact) mass is 357 g/mol. The van der Waals surface area contributed by atoms with Crippen molar-refractivity contribution in [1.82, 2.24) is 34.4 Å². The number of carbonyl (C=O) groups is 1. The molecule has 1 aliphatic heterocycles. The molecule has 1 aliphatic rings. The number of aryl methyl sites for hydroxylation is 2. The summed E-state index contributed by atoms with van der Waals surface area (Å²) in [4.78, 5) is 22.8. The van der Waals surface area contributed by atoms with Crippen molar-refractivity contribution in [2.24, 2.45) is 13.0 Å². The molecule has 0 N–H and O–H groups in total. The van der Waals surface area contributed by atoms with Crippen molar-refractivity contribution in [3.63, 3.8) is 0 Å². The van der Waals surface area contributed by atoms with Crippen LogP contribution < -0.4 is 0 Å². The predicted octanol–water partition coefficient (Wildman–Crippen LogP) is 1.61. The predicted molar refractivity (Wildman–Crippen MR) is 93.1 cm³/mol. The van der Waals surface area contributed by atoms with Gasteiger partial charge in [0.2, 0.25) is 0 Å². The SMILES string of the molecule is Cc1ncc(C(=O)N2CC(CCn3cc(-c4cscn4)nn3)C2)n1C. The molecular formula is C16H19N7OS. The molecule has 1 saturated heterocycles. The van der Waals surface area contributed by atoms with Crippen LogP contribution in [0.5, 0.6) is 0 Å². The van der Waals surface area contributed by atoms with Crippen LogP contribution in [0.3, 0.4) is 0 Å². The Morgan fingerprint density at radius 2 is 2.16 bits per heavy atom. The summed E-state index contributed by atoms with van der Waals surface area (Å²) in [5.41, 5.74) is 4.11. The molecule has 3 aromatic rings. The van der Waals surface area contributed by atoms with Crippen LogP contribution in [0.25, 0.3) is 11.4 Å². The van der Waals surface area contributed by atoms with Crippen LogP contribution in [0.2, 0.25) is 0 Å². The number of thiazole rings is 1. The quantitative estimate of drug-likeness (QED) is 0.693. The lowest BCUT2D eigenvalue weighted by molar-refractivity contribution is 0.0465. The summed E-state index contributed by atoms with van der Waals surface area (Å²) in [6.07, 6.45) is 4.56. The van der Waals surface area contributed by atoms with E-state index in [4.69, 9.17) is 0 Å². The average Bonchev–Trinajstić information content (AvgIpc) is 3.28. The Morgan fingerprint density at radius 3 is 2.84 bits per heavy atom. The fraction of sp³-hybridized carbons (Fsp3) is 0.438. The van der Waals surface area contributed by atoms with Gasteiger partial charge in [-0.25, -0.2) is 9.97 Å². The third-order valence-corrected chi connectivity index (χ3v) is 5.27. The first-order valence-electron chi connectivity index (χ1n) is 8.18. The maximum absolute atomic E-state index is 12.4. The van der Waals surface area contributed by atoms with Crippen molar-refractivity contribution in [2.45, 2.75) is 19.9 Å². The Kier molecular flexibility index (Phi) is 4.08. The third-order valence-electron chi connectivity index (χ3n) is 4.68. The Labute approximate surface area is 149 Å². The molecule has 4 rings (SSSR count). The number of aromatic nitrogens is 6. The molecule has 130 valence electrons. The molecule has 0 aliphatic carbocycles. The van der Waals surface area contributed by atoms with Gasteiger partial charge in [0, 0.05) is 32.1 Å². The summed E-state index contributed by atoms with van der Waals surface area (Å²) in [5, 5.41) is 10.3. The largest absolute Gasteiger partial charge is 0.337 e. The van der Waals surface area contributed by atoms with E-state index >= 15 is 0 Å². The minimum atomic E-state index is 0.0610. The molecule has 3 aromatic heterocycles. The van der Waals surface area contributed by atoms with Crippen LogP contribution in [0.15, 0.2) is 23.3 Å². The molecule has 25 heavy (non-hydrogen) atoms. The van der Waals surface area contributed by atoms with E-state index < -0.39 is 0 Å². The smallest absolute Gasteiger partial charge is 0.272 e. The third kappa shape index (κ3) is 3.07. The first kappa shape index (κ1) is 15.9. The molecule has 1 fully saturated rings. The fourth-order valence-corrected chi connectivity index (χ4v) is 3.51. The first-order chi connectivity index (χ1) is 12.1.